The molecule has 2 rings (SSSR count). The zero-order valence-electron chi connectivity index (χ0n) is 9.68. The second kappa shape index (κ2) is 4.73. The molecule has 0 bridgehead atoms. The van der Waals surface area contributed by atoms with Crippen molar-refractivity contribution < 1.29 is 15.0 Å². The molecule has 0 spiro atoms. The summed E-state index contributed by atoms with van der Waals surface area (Å²) in [5.74, 6) is 0.0903. The lowest BCUT2D eigenvalue weighted by atomic mass is 10.1. The molecule has 0 radical (unpaired) electrons. The molecule has 0 fully saturated rings. The van der Waals surface area contributed by atoms with Crippen LogP contribution in [0.2, 0.25) is 0 Å². The molecule has 5 nitrogen and oxygen atoms in total. The smallest absolute Gasteiger partial charge is 0.231 e. The third kappa shape index (κ3) is 2.40. The highest BCUT2D eigenvalue weighted by Gasteiger charge is 2.23. The molecule has 5 heteroatoms. The van der Waals surface area contributed by atoms with Gasteiger partial charge in [0.2, 0.25) is 5.91 Å². The van der Waals surface area contributed by atoms with Crippen LogP contribution in [0.4, 0.5) is 11.4 Å². The van der Waals surface area contributed by atoms with E-state index in [1.54, 1.807) is 11.9 Å². The van der Waals surface area contributed by atoms with Gasteiger partial charge in [-0.2, -0.15) is 0 Å². The van der Waals surface area contributed by atoms with Crippen LogP contribution in [0.15, 0.2) is 18.2 Å². The summed E-state index contributed by atoms with van der Waals surface area (Å²) in [7, 11) is 1.76. The normalized spacial score (nSPS) is 15.9. The van der Waals surface area contributed by atoms with Crippen molar-refractivity contribution in [3.63, 3.8) is 0 Å². The van der Waals surface area contributed by atoms with Gasteiger partial charge in [-0.25, -0.2) is 0 Å². The Kier molecular flexibility index (Phi) is 3.31. The standard InChI is InChI=1S/C12H16N2O3/c1-14-11-3-2-9(13-6-10(16)7-15)4-8(11)5-12(14)17/h2-4,10,13,15-16H,5-7H2,1H3. The number of anilines is 2. The fraction of sp³-hybridized carbons (Fsp3) is 0.417. The van der Waals surface area contributed by atoms with E-state index < -0.39 is 6.10 Å². The third-order valence-electron chi connectivity index (χ3n) is 2.91. The molecule has 1 unspecified atom stereocenters. The van der Waals surface area contributed by atoms with E-state index in [1.165, 1.54) is 0 Å². The van der Waals surface area contributed by atoms with E-state index in [9.17, 15) is 9.90 Å². The number of likely N-dealkylation sites (N-methyl/N-ethyl adjacent to an activating group) is 1. The second-order valence-electron chi connectivity index (χ2n) is 4.19. The maximum atomic E-state index is 11.5. The van der Waals surface area contributed by atoms with Gasteiger partial charge >= 0.3 is 0 Å². The summed E-state index contributed by atoms with van der Waals surface area (Å²) in [6.07, 6.45) is -0.350. The number of aliphatic hydroxyl groups excluding tert-OH is 2. The molecule has 1 heterocycles. The van der Waals surface area contributed by atoms with E-state index in [1.807, 2.05) is 18.2 Å². The average molecular weight is 236 g/mol. The molecule has 1 aliphatic heterocycles. The molecule has 0 aromatic heterocycles. The van der Waals surface area contributed by atoms with E-state index in [4.69, 9.17) is 5.11 Å². The monoisotopic (exact) mass is 236 g/mol. The summed E-state index contributed by atoms with van der Waals surface area (Å²) < 4.78 is 0. The van der Waals surface area contributed by atoms with Gasteiger partial charge in [0.1, 0.15) is 0 Å². The largest absolute Gasteiger partial charge is 0.394 e. The van der Waals surface area contributed by atoms with Crippen molar-refractivity contribution in [1.29, 1.82) is 0 Å². The Bertz CT molecular complexity index is 434. The Morgan fingerprint density at radius 2 is 2.29 bits per heavy atom. The van der Waals surface area contributed by atoms with Crippen LogP contribution in [0.5, 0.6) is 0 Å². The Balaban J connectivity index is 2.08. The third-order valence-corrected chi connectivity index (χ3v) is 2.91. The molecule has 92 valence electrons. The fourth-order valence-corrected chi connectivity index (χ4v) is 1.88. The van der Waals surface area contributed by atoms with Crippen molar-refractivity contribution in [1.82, 2.24) is 0 Å². The van der Waals surface area contributed by atoms with Crippen molar-refractivity contribution in [2.75, 3.05) is 30.4 Å². The van der Waals surface area contributed by atoms with Gasteiger partial charge < -0.3 is 20.4 Å². The van der Waals surface area contributed by atoms with Crippen molar-refractivity contribution >= 4 is 17.3 Å². The maximum Gasteiger partial charge on any atom is 0.231 e. The number of aliphatic hydroxyl groups is 2. The number of hydrogen-bond donors (Lipinski definition) is 3. The van der Waals surface area contributed by atoms with Crippen molar-refractivity contribution in [3.8, 4) is 0 Å². The van der Waals surface area contributed by atoms with E-state index in [0.717, 1.165) is 16.9 Å². The first-order valence-corrected chi connectivity index (χ1v) is 5.54. The maximum absolute atomic E-state index is 11.5. The summed E-state index contributed by atoms with van der Waals surface area (Å²) in [4.78, 5) is 13.1. The SMILES string of the molecule is CN1C(=O)Cc2cc(NCC(O)CO)ccc21. The Labute approximate surface area is 99.7 Å². The predicted molar refractivity (Wildman–Crippen MR) is 65.1 cm³/mol. The van der Waals surface area contributed by atoms with Crippen LogP contribution in [0.1, 0.15) is 5.56 Å². The lowest BCUT2D eigenvalue weighted by molar-refractivity contribution is -0.117. The number of nitrogens with zero attached hydrogens (tertiary/aromatic N) is 1. The van der Waals surface area contributed by atoms with Gasteiger partial charge in [0.05, 0.1) is 19.1 Å². The minimum absolute atomic E-state index is 0.0903. The Morgan fingerprint density at radius 1 is 1.53 bits per heavy atom. The van der Waals surface area contributed by atoms with Gasteiger partial charge in [0.15, 0.2) is 0 Å². The van der Waals surface area contributed by atoms with Crippen LogP contribution in [-0.2, 0) is 11.2 Å². The van der Waals surface area contributed by atoms with Gasteiger partial charge in [-0.05, 0) is 23.8 Å². The lowest BCUT2D eigenvalue weighted by Gasteiger charge is -2.13. The molecule has 17 heavy (non-hydrogen) atoms. The number of fused-ring (bicyclic) bond motifs is 1. The molecule has 0 saturated carbocycles. The van der Waals surface area contributed by atoms with E-state index in [2.05, 4.69) is 5.32 Å². The molecule has 1 aliphatic rings. The Hall–Kier alpha value is -1.59. The number of carbonyl (C=O) groups is 1. The topological polar surface area (TPSA) is 72.8 Å². The van der Waals surface area contributed by atoms with Crippen molar-refractivity contribution in [2.24, 2.45) is 0 Å². The zero-order valence-corrected chi connectivity index (χ0v) is 9.68. The zero-order chi connectivity index (χ0) is 12.4. The second-order valence-corrected chi connectivity index (χ2v) is 4.19. The van der Waals surface area contributed by atoms with Gasteiger partial charge in [-0.15, -0.1) is 0 Å². The van der Waals surface area contributed by atoms with Gasteiger partial charge in [-0.3, -0.25) is 4.79 Å². The number of nitrogens with one attached hydrogen (secondary N) is 1. The average Bonchev–Trinajstić information content (AvgIpc) is 2.62. The summed E-state index contributed by atoms with van der Waals surface area (Å²) in [6, 6.07) is 5.65. The molecule has 1 atom stereocenters. The first-order valence-electron chi connectivity index (χ1n) is 5.54. The van der Waals surface area contributed by atoms with Gasteiger partial charge in [0, 0.05) is 25.0 Å². The summed E-state index contributed by atoms with van der Waals surface area (Å²) >= 11 is 0. The molecule has 3 N–H and O–H groups in total. The molecule has 0 aliphatic carbocycles. The van der Waals surface area contributed by atoms with Crippen LogP contribution in [-0.4, -0.2) is 42.4 Å². The first kappa shape index (κ1) is 11.9. The lowest BCUT2D eigenvalue weighted by Crippen LogP contribution is -2.22. The quantitative estimate of drug-likeness (QED) is 0.686. The van der Waals surface area contributed by atoms with E-state index in [-0.39, 0.29) is 12.5 Å². The first-order chi connectivity index (χ1) is 8.11. The Morgan fingerprint density at radius 3 is 3.00 bits per heavy atom. The molecule has 1 amide bonds. The number of amides is 1. The van der Waals surface area contributed by atoms with Crippen LogP contribution in [0, 0.1) is 0 Å². The minimum Gasteiger partial charge on any atom is -0.394 e. The summed E-state index contributed by atoms with van der Waals surface area (Å²) in [6.45, 7) is 0.0260. The highest BCUT2D eigenvalue weighted by molar-refractivity contribution is 6.01. The predicted octanol–water partition coefficient (Wildman–Crippen LogP) is -0.0294. The van der Waals surface area contributed by atoms with Gasteiger partial charge in [0.25, 0.3) is 0 Å². The fourth-order valence-electron chi connectivity index (χ4n) is 1.88. The molecule has 1 aromatic carbocycles. The number of benzene rings is 1. The summed E-state index contributed by atoms with van der Waals surface area (Å²) in [5, 5.41) is 20.9. The highest BCUT2D eigenvalue weighted by Crippen LogP contribution is 2.29. The van der Waals surface area contributed by atoms with Crippen molar-refractivity contribution in [2.45, 2.75) is 12.5 Å². The molecular formula is C12H16N2O3. The number of rotatable bonds is 4. The molecule has 0 saturated heterocycles. The number of hydrogen-bond acceptors (Lipinski definition) is 4. The van der Waals surface area contributed by atoms with Gasteiger partial charge in [-0.1, -0.05) is 0 Å². The molecule has 1 aromatic rings. The minimum atomic E-state index is -0.771. The molecular weight excluding hydrogens is 220 g/mol. The van der Waals surface area contributed by atoms with Crippen LogP contribution < -0.4 is 10.2 Å². The van der Waals surface area contributed by atoms with Crippen molar-refractivity contribution in [3.05, 3.63) is 23.8 Å². The van der Waals surface area contributed by atoms with E-state index >= 15 is 0 Å². The summed E-state index contributed by atoms with van der Waals surface area (Å²) in [5.41, 5.74) is 2.77. The van der Waals surface area contributed by atoms with E-state index in [0.29, 0.717) is 13.0 Å². The number of carbonyl (C=O) groups excluding carboxylic acids is 1. The highest BCUT2D eigenvalue weighted by atomic mass is 16.3. The van der Waals surface area contributed by atoms with Crippen LogP contribution >= 0.6 is 0 Å². The van der Waals surface area contributed by atoms with Crippen LogP contribution in [0.3, 0.4) is 0 Å². The van der Waals surface area contributed by atoms with Crippen LogP contribution in [0.25, 0.3) is 0 Å².